The summed E-state index contributed by atoms with van der Waals surface area (Å²) in [4.78, 5) is 12.2. The molecule has 0 saturated heterocycles. The van der Waals surface area contributed by atoms with Crippen LogP contribution in [0.2, 0.25) is 0 Å². The highest BCUT2D eigenvalue weighted by molar-refractivity contribution is 9.10. The Labute approximate surface area is 144 Å². The van der Waals surface area contributed by atoms with Crippen molar-refractivity contribution in [2.24, 2.45) is 22.9 Å². The van der Waals surface area contributed by atoms with Crippen molar-refractivity contribution in [2.45, 2.75) is 25.7 Å². The van der Waals surface area contributed by atoms with Crippen molar-refractivity contribution in [3.05, 3.63) is 22.2 Å². The van der Waals surface area contributed by atoms with E-state index in [-0.39, 0.29) is 11.8 Å². The van der Waals surface area contributed by atoms with E-state index in [1.807, 2.05) is 6.07 Å². The largest absolute Gasteiger partial charge is 0.496 e. The molecule has 2 fully saturated rings. The maximum Gasteiger partial charge on any atom is 0.243 e. The molecule has 3 atom stereocenters. The number of amides is 1. The minimum absolute atomic E-state index is 0.0460. The number of carbonyl (C=O) groups excluding carboxylic acids is 1. The van der Waals surface area contributed by atoms with E-state index in [1.54, 1.807) is 26.5 Å². The van der Waals surface area contributed by atoms with Gasteiger partial charge in [0, 0.05) is 17.5 Å². The molecule has 2 aliphatic carbocycles. The second-order valence-corrected chi connectivity index (χ2v) is 6.96. The quantitative estimate of drug-likeness (QED) is 0.629. The predicted octanol–water partition coefficient (Wildman–Crippen LogP) is 3.35. The summed E-state index contributed by atoms with van der Waals surface area (Å²) in [6.07, 6.45) is 6.49. The Morgan fingerprint density at radius 3 is 2.48 bits per heavy atom. The van der Waals surface area contributed by atoms with E-state index in [2.05, 4.69) is 26.5 Å². The van der Waals surface area contributed by atoms with Gasteiger partial charge in [-0.3, -0.25) is 4.79 Å². The van der Waals surface area contributed by atoms with Crippen LogP contribution in [0.25, 0.3) is 0 Å². The van der Waals surface area contributed by atoms with Gasteiger partial charge in [-0.1, -0.05) is 12.8 Å². The number of nitrogens with zero attached hydrogens (tertiary/aromatic N) is 1. The normalized spacial score (nSPS) is 25.8. The monoisotopic (exact) mass is 380 g/mol. The lowest BCUT2D eigenvalue weighted by atomic mass is 10.0. The molecular formula is C17H21BrN2O3. The molecular weight excluding hydrogens is 360 g/mol. The van der Waals surface area contributed by atoms with Gasteiger partial charge in [-0.2, -0.15) is 5.10 Å². The third kappa shape index (κ3) is 3.37. The number of ether oxygens (including phenoxy) is 2. The molecule has 5 nitrogen and oxygen atoms in total. The maximum atomic E-state index is 12.2. The van der Waals surface area contributed by atoms with Crippen molar-refractivity contribution in [1.29, 1.82) is 0 Å². The molecule has 0 bridgehead atoms. The van der Waals surface area contributed by atoms with Crippen molar-refractivity contribution in [3.8, 4) is 11.5 Å². The van der Waals surface area contributed by atoms with Crippen LogP contribution in [0, 0.1) is 17.8 Å². The molecule has 3 rings (SSSR count). The summed E-state index contributed by atoms with van der Waals surface area (Å²) in [5, 5.41) is 4.10. The van der Waals surface area contributed by atoms with Crippen molar-refractivity contribution < 1.29 is 14.3 Å². The van der Waals surface area contributed by atoms with Gasteiger partial charge in [-0.15, -0.1) is 0 Å². The predicted molar refractivity (Wildman–Crippen MR) is 91.9 cm³/mol. The molecule has 2 aliphatic rings. The van der Waals surface area contributed by atoms with E-state index < -0.39 is 0 Å². The third-order valence-corrected chi connectivity index (χ3v) is 5.46. The fourth-order valence-corrected chi connectivity index (χ4v) is 4.13. The Balaban J connectivity index is 1.64. The van der Waals surface area contributed by atoms with E-state index in [9.17, 15) is 4.79 Å². The molecule has 1 aromatic rings. The summed E-state index contributed by atoms with van der Waals surface area (Å²) in [5.74, 6) is 2.71. The Morgan fingerprint density at radius 1 is 1.22 bits per heavy atom. The average Bonchev–Trinajstić information content (AvgIpc) is 3.29. The minimum Gasteiger partial charge on any atom is -0.496 e. The van der Waals surface area contributed by atoms with E-state index in [0.29, 0.717) is 23.3 Å². The van der Waals surface area contributed by atoms with E-state index in [1.165, 1.54) is 25.7 Å². The van der Waals surface area contributed by atoms with Crippen LogP contribution in [-0.2, 0) is 4.79 Å². The number of hydrogen-bond donors (Lipinski definition) is 1. The van der Waals surface area contributed by atoms with E-state index in [0.717, 1.165) is 10.0 Å². The number of halogens is 1. The van der Waals surface area contributed by atoms with E-state index in [4.69, 9.17) is 9.47 Å². The second-order valence-electron chi connectivity index (χ2n) is 6.10. The van der Waals surface area contributed by atoms with Crippen LogP contribution in [0.4, 0.5) is 0 Å². The molecule has 2 saturated carbocycles. The minimum atomic E-state index is 0.0460. The highest BCUT2D eigenvalue weighted by Crippen LogP contribution is 2.55. The molecule has 0 aromatic heterocycles. The highest BCUT2D eigenvalue weighted by Gasteiger charge is 2.54. The number of nitrogens with one attached hydrogen (secondary N) is 1. The number of hydrazone groups is 1. The fraction of sp³-hybridized carbons (Fsp3) is 0.529. The number of hydrogen-bond acceptors (Lipinski definition) is 4. The summed E-state index contributed by atoms with van der Waals surface area (Å²) < 4.78 is 11.4. The van der Waals surface area contributed by atoms with Crippen LogP contribution in [0.5, 0.6) is 11.5 Å². The molecule has 1 aromatic carbocycles. The number of methoxy groups -OCH3 is 2. The molecule has 0 radical (unpaired) electrons. The molecule has 23 heavy (non-hydrogen) atoms. The van der Waals surface area contributed by atoms with Gasteiger partial charge in [-0.05, 0) is 46.7 Å². The summed E-state index contributed by atoms with van der Waals surface area (Å²) >= 11 is 3.44. The molecule has 1 N–H and O–H groups in total. The van der Waals surface area contributed by atoms with Crippen LogP contribution in [0.15, 0.2) is 21.7 Å². The van der Waals surface area contributed by atoms with Gasteiger partial charge in [0.25, 0.3) is 0 Å². The first-order valence-corrected chi connectivity index (χ1v) is 8.69. The molecule has 1 unspecified atom stereocenters. The standard InChI is InChI=1S/C17H21BrN2O3/c1-22-14-8-15(23-2)13(18)7-10(14)9-19-20-17(21)16-11-5-3-4-6-12(11)16/h7-9,11-12,16H,3-6H2,1-2H3,(H,20,21)/b19-9-/t11-,12+,16?. The first-order valence-electron chi connectivity index (χ1n) is 7.90. The van der Waals surface area contributed by atoms with Crippen LogP contribution in [0.3, 0.4) is 0 Å². The van der Waals surface area contributed by atoms with Gasteiger partial charge < -0.3 is 9.47 Å². The molecule has 0 heterocycles. The third-order valence-electron chi connectivity index (χ3n) is 4.84. The lowest BCUT2D eigenvalue weighted by Gasteiger charge is -2.09. The number of fused-ring (bicyclic) bond motifs is 1. The van der Waals surface area contributed by atoms with Crippen LogP contribution in [-0.4, -0.2) is 26.3 Å². The van der Waals surface area contributed by atoms with Crippen molar-refractivity contribution in [1.82, 2.24) is 5.43 Å². The van der Waals surface area contributed by atoms with Gasteiger partial charge in [0.05, 0.1) is 24.9 Å². The molecule has 124 valence electrons. The van der Waals surface area contributed by atoms with Crippen LogP contribution < -0.4 is 14.9 Å². The first kappa shape index (κ1) is 16.3. The summed E-state index contributed by atoms with van der Waals surface area (Å²) in [7, 11) is 3.19. The van der Waals surface area contributed by atoms with Crippen molar-refractivity contribution in [2.75, 3.05) is 14.2 Å². The smallest absolute Gasteiger partial charge is 0.243 e. The second kappa shape index (κ2) is 6.91. The summed E-state index contributed by atoms with van der Waals surface area (Å²) in [6, 6.07) is 3.63. The highest BCUT2D eigenvalue weighted by atomic mass is 79.9. The van der Waals surface area contributed by atoms with Gasteiger partial charge in [0.2, 0.25) is 5.91 Å². The average molecular weight is 381 g/mol. The maximum absolute atomic E-state index is 12.2. The summed E-state index contributed by atoms with van der Waals surface area (Å²) in [6.45, 7) is 0. The Kier molecular flexibility index (Phi) is 4.90. The Bertz CT molecular complexity index is 621. The molecule has 1 amide bonds. The topological polar surface area (TPSA) is 59.9 Å². The Hall–Kier alpha value is -1.56. The van der Waals surface area contributed by atoms with Gasteiger partial charge in [0.1, 0.15) is 11.5 Å². The Morgan fingerprint density at radius 2 is 1.87 bits per heavy atom. The van der Waals surface area contributed by atoms with E-state index >= 15 is 0 Å². The lowest BCUT2D eigenvalue weighted by molar-refractivity contribution is -0.122. The molecule has 0 aliphatic heterocycles. The molecule has 6 heteroatoms. The molecule has 0 spiro atoms. The zero-order valence-electron chi connectivity index (χ0n) is 13.3. The summed E-state index contributed by atoms with van der Waals surface area (Å²) in [5.41, 5.74) is 3.45. The SMILES string of the molecule is COc1cc(OC)c(/C=N\NC(=O)C2[C@H]3CCCC[C@@H]23)cc1Br. The van der Waals surface area contributed by atoms with Gasteiger partial charge in [-0.25, -0.2) is 5.43 Å². The zero-order chi connectivity index (χ0) is 16.4. The zero-order valence-corrected chi connectivity index (χ0v) is 14.9. The fourth-order valence-electron chi connectivity index (χ4n) is 3.61. The van der Waals surface area contributed by atoms with Crippen molar-refractivity contribution in [3.63, 3.8) is 0 Å². The lowest BCUT2D eigenvalue weighted by Crippen LogP contribution is -2.20. The number of carbonyl (C=O) groups is 1. The van der Waals surface area contributed by atoms with Gasteiger partial charge >= 0.3 is 0 Å². The van der Waals surface area contributed by atoms with Gasteiger partial charge in [0.15, 0.2) is 0 Å². The number of rotatable bonds is 5. The van der Waals surface area contributed by atoms with Crippen LogP contribution >= 0.6 is 15.9 Å². The number of benzene rings is 1. The first-order chi connectivity index (χ1) is 11.2. The van der Waals surface area contributed by atoms with Crippen LogP contribution in [0.1, 0.15) is 31.2 Å². The van der Waals surface area contributed by atoms with Crippen molar-refractivity contribution >= 4 is 28.1 Å².